The maximum Gasteiger partial charge on any atom is 0.315 e. The van der Waals surface area contributed by atoms with Gasteiger partial charge in [-0.05, 0) is 50.3 Å². The van der Waals surface area contributed by atoms with Gasteiger partial charge >= 0.3 is 6.03 Å². The average Bonchev–Trinajstić information content (AvgIpc) is 3.21. The number of hydrogen-bond donors (Lipinski definition) is 2. The van der Waals surface area contributed by atoms with E-state index in [1.165, 1.54) is 19.3 Å². The van der Waals surface area contributed by atoms with Gasteiger partial charge < -0.3 is 25.2 Å². The highest BCUT2D eigenvalue weighted by atomic mass is 16.5. The monoisotopic (exact) mass is 456 g/mol. The first kappa shape index (κ1) is 23.4. The minimum atomic E-state index is -0.346. The SMILES string of the molecule is COc1ccc(C)cc1N1CC(C(=O)N2CCC(NC(=O)NC3CCCCC3)CC2)CC1=O. The van der Waals surface area contributed by atoms with Crippen LogP contribution in [0.2, 0.25) is 0 Å². The molecule has 8 nitrogen and oxygen atoms in total. The molecule has 1 aliphatic carbocycles. The smallest absolute Gasteiger partial charge is 0.315 e. The van der Waals surface area contributed by atoms with E-state index in [2.05, 4.69) is 10.6 Å². The number of rotatable bonds is 5. The van der Waals surface area contributed by atoms with Crippen molar-refractivity contribution >= 4 is 23.5 Å². The lowest BCUT2D eigenvalue weighted by atomic mass is 9.96. The van der Waals surface area contributed by atoms with Crippen molar-refractivity contribution in [3.05, 3.63) is 23.8 Å². The molecule has 2 N–H and O–H groups in total. The number of anilines is 1. The number of urea groups is 1. The predicted molar refractivity (Wildman–Crippen MR) is 126 cm³/mol. The number of piperidine rings is 1. The Morgan fingerprint density at radius 2 is 1.67 bits per heavy atom. The van der Waals surface area contributed by atoms with Gasteiger partial charge in [0.25, 0.3) is 0 Å². The Bertz CT molecular complexity index is 875. The van der Waals surface area contributed by atoms with Crippen molar-refractivity contribution in [3.8, 4) is 5.75 Å². The van der Waals surface area contributed by atoms with Gasteiger partial charge in [0.2, 0.25) is 11.8 Å². The third-order valence-corrected chi connectivity index (χ3v) is 7.18. The van der Waals surface area contributed by atoms with Gasteiger partial charge in [-0.25, -0.2) is 4.79 Å². The third-order valence-electron chi connectivity index (χ3n) is 7.18. The lowest BCUT2D eigenvalue weighted by Gasteiger charge is -2.34. The van der Waals surface area contributed by atoms with E-state index in [9.17, 15) is 14.4 Å². The third kappa shape index (κ3) is 5.60. The second kappa shape index (κ2) is 10.4. The van der Waals surface area contributed by atoms with Crippen LogP contribution in [0.1, 0.15) is 56.9 Å². The summed E-state index contributed by atoms with van der Waals surface area (Å²) in [5.74, 6) is 0.276. The number of nitrogens with one attached hydrogen (secondary N) is 2. The van der Waals surface area contributed by atoms with Crippen LogP contribution in [0, 0.1) is 12.8 Å². The molecular weight excluding hydrogens is 420 g/mol. The zero-order chi connectivity index (χ0) is 23.4. The highest BCUT2D eigenvalue weighted by Crippen LogP contribution is 2.34. The van der Waals surface area contributed by atoms with Crippen molar-refractivity contribution in [3.63, 3.8) is 0 Å². The zero-order valence-electron chi connectivity index (χ0n) is 19.8. The molecular formula is C25H36N4O4. The molecule has 3 aliphatic rings. The first-order valence-corrected chi connectivity index (χ1v) is 12.3. The minimum Gasteiger partial charge on any atom is -0.495 e. The number of benzene rings is 1. The molecule has 1 unspecified atom stereocenters. The van der Waals surface area contributed by atoms with Crippen molar-refractivity contribution in [1.82, 2.24) is 15.5 Å². The van der Waals surface area contributed by atoms with Crippen molar-refractivity contribution < 1.29 is 19.1 Å². The maximum atomic E-state index is 13.2. The molecule has 0 spiro atoms. The Kier molecular flexibility index (Phi) is 7.40. The number of methoxy groups -OCH3 is 1. The van der Waals surface area contributed by atoms with Crippen molar-refractivity contribution in [1.29, 1.82) is 0 Å². The Morgan fingerprint density at radius 1 is 1.00 bits per heavy atom. The van der Waals surface area contributed by atoms with E-state index >= 15 is 0 Å². The zero-order valence-corrected chi connectivity index (χ0v) is 19.8. The highest BCUT2D eigenvalue weighted by Gasteiger charge is 2.39. The molecule has 3 fully saturated rings. The number of nitrogens with zero attached hydrogens (tertiary/aromatic N) is 2. The second-order valence-corrected chi connectivity index (χ2v) is 9.63. The highest BCUT2D eigenvalue weighted by molar-refractivity contribution is 6.01. The summed E-state index contributed by atoms with van der Waals surface area (Å²) in [5, 5.41) is 6.18. The maximum absolute atomic E-state index is 13.2. The van der Waals surface area contributed by atoms with Gasteiger partial charge in [0.15, 0.2) is 0 Å². The molecule has 4 amide bonds. The molecule has 0 radical (unpaired) electrons. The molecule has 1 aromatic rings. The van der Waals surface area contributed by atoms with Crippen LogP contribution in [0.25, 0.3) is 0 Å². The molecule has 180 valence electrons. The molecule has 1 atom stereocenters. The first-order valence-electron chi connectivity index (χ1n) is 12.3. The van der Waals surface area contributed by atoms with Gasteiger partial charge in [0.1, 0.15) is 5.75 Å². The minimum absolute atomic E-state index is 0.0302. The Balaban J connectivity index is 1.27. The predicted octanol–water partition coefficient (Wildman–Crippen LogP) is 2.98. The van der Waals surface area contributed by atoms with Crippen LogP contribution < -0.4 is 20.3 Å². The number of amides is 4. The van der Waals surface area contributed by atoms with Crippen LogP contribution in [0.4, 0.5) is 10.5 Å². The summed E-state index contributed by atoms with van der Waals surface area (Å²) < 4.78 is 5.44. The van der Waals surface area contributed by atoms with Crippen molar-refractivity contribution in [2.24, 2.45) is 5.92 Å². The van der Waals surface area contributed by atoms with E-state index in [1.54, 1.807) is 12.0 Å². The van der Waals surface area contributed by atoms with Crippen LogP contribution in [0.3, 0.4) is 0 Å². The van der Waals surface area contributed by atoms with Crippen molar-refractivity contribution in [2.75, 3.05) is 31.6 Å². The van der Waals surface area contributed by atoms with Gasteiger partial charge in [-0.1, -0.05) is 25.3 Å². The molecule has 2 saturated heterocycles. The van der Waals surface area contributed by atoms with E-state index in [4.69, 9.17) is 4.74 Å². The van der Waals surface area contributed by atoms with E-state index in [-0.39, 0.29) is 42.3 Å². The average molecular weight is 457 g/mol. The number of ether oxygens (including phenoxy) is 1. The fourth-order valence-corrected chi connectivity index (χ4v) is 5.28. The molecule has 1 saturated carbocycles. The van der Waals surface area contributed by atoms with Crippen molar-refractivity contribution in [2.45, 2.75) is 70.4 Å². The molecule has 2 aliphatic heterocycles. The van der Waals surface area contributed by atoms with Gasteiger partial charge in [0, 0.05) is 38.1 Å². The summed E-state index contributed by atoms with van der Waals surface area (Å²) in [7, 11) is 1.59. The molecule has 4 rings (SSSR count). The molecule has 8 heteroatoms. The van der Waals surface area contributed by atoms with Gasteiger partial charge in [0.05, 0.1) is 18.7 Å². The van der Waals surface area contributed by atoms with Crippen LogP contribution >= 0.6 is 0 Å². The van der Waals surface area contributed by atoms with Gasteiger partial charge in [-0.3, -0.25) is 9.59 Å². The summed E-state index contributed by atoms with van der Waals surface area (Å²) >= 11 is 0. The van der Waals surface area contributed by atoms with Crippen LogP contribution in [0.15, 0.2) is 18.2 Å². The van der Waals surface area contributed by atoms with E-state index < -0.39 is 0 Å². The summed E-state index contributed by atoms with van der Waals surface area (Å²) in [5.41, 5.74) is 1.76. The Morgan fingerprint density at radius 3 is 2.33 bits per heavy atom. The topological polar surface area (TPSA) is 91.0 Å². The Labute approximate surface area is 196 Å². The van der Waals surface area contributed by atoms with Gasteiger partial charge in [-0.15, -0.1) is 0 Å². The Hall–Kier alpha value is -2.77. The second-order valence-electron chi connectivity index (χ2n) is 9.63. The van der Waals surface area contributed by atoms with Crippen LogP contribution in [-0.2, 0) is 9.59 Å². The molecule has 33 heavy (non-hydrogen) atoms. The molecule has 2 heterocycles. The lowest BCUT2D eigenvalue weighted by molar-refractivity contribution is -0.136. The van der Waals surface area contributed by atoms with Crippen LogP contribution in [0.5, 0.6) is 5.75 Å². The fraction of sp³-hybridized carbons (Fsp3) is 0.640. The first-order chi connectivity index (χ1) is 15.9. The number of carbonyl (C=O) groups is 3. The number of aryl methyl sites for hydroxylation is 1. The van der Waals surface area contributed by atoms with E-state index in [1.807, 2.05) is 30.0 Å². The molecule has 1 aromatic carbocycles. The normalized spacial score (nSPS) is 22.4. The summed E-state index contributed by atoms with van der Waals surface area (Å²) in [4.78, 5) is 41.7. The summed E-state index contributed by atoms with van der Waals surface area (Å²) in [6.07, 6.45) is 7.44. The van der Waals surface area contributed by atoms with E-state index in [0.29, 0.717) is 25.4 Å². The molecule has 0 aromatic heterocycles. The quantitative estimate of drug-likeness (QED) is 0.713. The summed E-state index contributed by atoms with van der Waals surface area (Å²) in [6.45, 7) is 3.55. The number of carbonyl (C=O) groups excluding carboxylic acids is 3. The standard InChI is InChI=1S/C25H36N4O4/c1-17-8-9-22(33-2)21(14-17)29-16-18(15-23(29)30)24(31)28-12-10-20(11-13-28)27-25(32)26-19-6-4-3-5-7-19/h8-9,14,18-20H,3-7,10-13,15-16H2,1-2H3,(H2,26,27,32). The largest absolute Gasteiger partial charge is 0.495 e. The van der Waals surface area contributed by atoms with E-state index in [0.717, 1.165) is 36.9 Å². The number of likely N-dealkylation sites (tertiary alicyclic amines) is 1. The lowest BCUT2D eigenvalue weighted by Crippen LogP contribution is -2.51. The number of hydrogen-bond acceptors (Lipinski definition) is 4. The van der Waals surface area contributed by atoms with Gasteiger partial charge in [-0.2, -0.15) is 0 Å². The summed E-state index contributed by atoms with van der Waals surface area (Å²) in [6, 6.07) is 6.01. The molecule has 0 bridgehead atoms. The van der Waals surface area contributed by atoms with Crippen LogP contribution in [-0.4, -0.2) is 61.6 Å². The fourth-order valence-electron chi connectivity index (χ4n) is 5.28.